The van der Waals surface area contributed by atoms with E-state index in [-0.39, 0.29) is 5.32 Å². The van der Waals surface area contributed by atoms with Crippen molar-refractivity contribution in [3.05, 3.63) is 11.7 Å². The minimum atomic E-state index is -8.84. The first kappa shape index (κ1) is 28.2. The number of hydrogen-bond donors (Lipinski definition) is 1. The second-order valence-corrected chi connectivity index (χ2v) is 8.93. The molecule has 2 bridgehead atoms. The third-order valence-electron chi connectivity index (χ3n) is 5.63. The van der Waals surface area contributed by atoms with Crippen molar-refractivity contribution in [1.29, 1.82) is 0 Å². The summed E-state index contributed by atoms with van der Waals surface area (Å²) in [7, 11) is -8.84. The molecule has 2 aliphatic carbocycles. The molecule has 206 valence electrons. The number of carbonyl (C=O) groups excluding carboxylic acids is 2. The lowest BCUT2D eigenvalue weighted by atomic mass is 9.75. The minimum absolute atomic E-state index is 0.288. The summed E-state index contributed by atoms with van der Waals surface area (Å²) in [6.45, 7) is 0. The van der Waals surface area contributed by atoms with Crippen LogP contribution in [0.2, 0.25) is 0 Å². The lowest BCUT2D eigenvalue weighted by Crippen LogP contribution is -2.69. The molecule has 6 nitrogen and oxygen atoms in total. The number of amides is 2. The number of hydrogen-bond acceptors (Lipinski definition) is 5. The largest absolute Gasteiger partial charge is 0.460 e. The lowest BCUT2D eigenvalue weighted by molar-refractivity contribution is -0.383. The van der Waals surface area contributed by atoms with Crippen LogP contribution in [0.5, 0.6) is 0 Å². The molecule has 3 rings (SSSR count). The molecule has 0 spiro atoms. The van der Waals surface area contributed by atoms with Crippen LogP contribution in [-0.4, -0.2) is 72.0 Å². The lowest BCUT2D eigenvalue weighted by Gasteiger charge is -2.39. The van der Waals surface area contributed by atoms with Crippen LogP contribution in [0.4, 0.5) is 70.2 Å². The summed E-state index contributed by atoms with van der Waals surface area (Å²) in [6.07, 6.45) is -7.74. The van der Waals surface area contributed by atoms with E-state index in [1.807, 2.05) is 0 Å². The quantitative estimate of drug-likeness (QED) is 0.304. The highest BCUT2D eigenvalue weighted by Crippen LogP contribution is 2.78. The van der Waals surface area contributed by atoms with E-state index >= 15 is 8.78 Å². The van der Waals surface area contributed by atoms with E-state index in [2.05, 4.69) is 4.18 Å². The number of alkyl halides is 14. The Labute approximate surface area is 184 Å². The average molecular weight is 587 g/mol. The molecule has 23 heteroatoms. The number of fused-ring (bicyclic) bond motifs is 5. The maximum atomic E-state index is 15.4. The Morgan fingerprint density at radius 3 is 1.50 bits per heavy atom. The Balaban J connectivity index is 2.36. The van der Waals surface area contributed by atoms with Gasteiger partial charge in [0, 0.05) is 0 Å². The number of carbonyl (C=O) groups is 2. The van der Waals surface area contributed by atoms with Crippen LogP contribution in [0.25, 0.3) is 0 Å². The van der Waals surface area contributed by atoms with Crippen molar-refractivity contribution in [2.24, 2.45) is 0 Å². The van der Waals surface area contributed by atoms with Gasteiger partial charge in [-0.3, -0.25) is 14.9 Å². The van der Waals surface area contributed by atoms with E-state index < -0.39 is 85.4 Å². The molecule has 1 saturated carbocycles. The van der Waals surface area contributed by atoms with Crippen LogP contribution in [0.3, 0.4) is 0 Å². The standard InChI is InChI=1S/C13HF16NO5S/c14-1-2(15)8(7(18)4(32)30-3(31)6(7,17)5(1,16)9(8,19)20)35-36(33,34)13(28,29)11(23,24)10(21,22)12(25,26)27/h(H,30,31,32). The zero-order valence-corrected chi connectivity index (χ0v) is 16.3. The molecule has 36 heavy (non-hydrogen) atoms. The summed E-state index contributed by atoms with van der Waals surface area (Å²) >= 11 is 0. The van der Waals surface area contributed by atoms with Gasteiger partial charge in [-0.2, -0.15) is 56.7 Å². The number of nitrogens with one attached hydrogen (secondary N) is 1. The normalized spacial score (nSPS) is 37.0. The zero-order valence-electron chi connectivity index (χ0n) is 15.5. The first-order valence-electron chi connectivity index (χ1n) is 8.09. The third-order valence-corrected chi connectivity index (χ3v) is 6.98. The highest BCUT2D eigenvalue weighted by molar-refractivity contribution is 7.87. The van der Waals surface area contributed by atoms with E-state index in [1.54, 1.807) is 0 Å². The SMILES string of the molecule is O=C1NC(=O)C2(F)C1(F)C1(F)C(F)=C(F)C2(OS(=O)(=O)C(F)(F)C(F)(F)C(F)(F)C(F)(F)F)C1(F)F. The molecule has 0 aromatic carbocycles. The van der Waals surface area contributed by atoms with Crippen LogP contribution >= 0.6 is 0 Å². The maximum Gasteiger partial charge on any atom is 0.460 e. The van der Waals surface area contributed by atoms with Gasteiger partial charge in [0.15, 0.2) is 11.7 Å². The van der Waals surface area contributed by atoms with E-state index in [0.717, 1.165) is 0 Å². The Hall–Kier alpha value is -2.33. The summed E-state index contributed by atoms with van der Waals surface area (Å²) in [5, 5.41) is -7.88. The summed E-state index contributed by atoms with van der Waals surface area (Å²) in [6, 6.07) is 0. The van der Waals surface area contributed by atoms with Gasteiger partial charge in [0.2, 0.25) is 0 Å². The molecule has 1 aliphatic heterocycles. The zero-order chi connectivity index (χ0) is 28.7. The van der Waals surface area contributed by atoms with Crippen molar-refractivity contribution >= 4 is 21.9 Å². The van der Waals surface area contributed by atoms with Crippen LogP contribution in [0.1, 0.15) is 0 Å². The van der Waals surface area contributed by atoms with E-state index in [0.29, 0.717) is 0 Å². The van der Waals surface area contributed by atoms with Gasteiger partial charge in [0.05, 0.1) is 0 Å². The minimum Gasteiger partial charge on any atom is -0.290 e. The molecule has 4 atom stereocenters. The van der Waals surface area contributed by atoms with Crippen molar-refractivity contribution in [2.75, 3.05) is 0 Å². The highest BCUT2D eigenvalue weighted by atomic mass is 32.2. The highest BCUT2D eigenvalue weighted by Gasteiger charge is 3.09. The molecule has 1 heterocycles. The van der Waals surface area contributed by atoms with Gasteiger partial charge >= 0.3 is 39.3 Å². The number of allylic oxidation sites excluding steroid dienone is 1. The predicted octanol–water partition coefficient (Wildman–Crippen LogP) is 3.09. The van der Waals surface area contributed by atoms with Crippen molar-refractivity contribution < 1.29 is 92.4 Å². The molecule has 2 fully saturated rings. The van der Waals surface area contributed by atoms with Crippen LogP contribution < -0.4 is 5.32 Å². The van der Waals surface area contributed by atoms with Gasteiger partial charge in [-0.05, 0) is 0 Å². The van der Waals surface area contributed by atoms with Crippen molar-refractivity contribution in [3.63, 3.8) is 0 Å². The fourth-order valence-corrected chi connectivity index (χ4v) is 4.99. The van der Waals surface area contributed by atoms with Crippen molar-refractivity contribution in [1.82, 2.24) is 5.32 Å². The van der Waals surface area contributed by atoms with Crippen molar-refractivity contribution in [3.8, 4) is 0 Å². The first-order valence-corrected chi connectivity index (χ1v) is 9.50. The number of rotatable bonds is 5. The van der Waals surface area contributed by atoms with Crippen LogP contribution in [0.15, 0.2) is 11.7 Å². The Morgan fingerprint density at radius 1 is 0.667 bits per heavy atom. The van der Waals surface area contributed by atoms with Gasteiger partial charge in [-0.1, -0.05) is 0 Å². The molecule has 1 saturated heterocycles. The Kier molecular flexibility index (Phi) is 5.00. The molecule has 2 amide bonds. The molecule has 0 aromatic heterocycles. The summed E-state index contributed by atoms with van der Waals surface area (Å²) in [4.78, 5) is 23.2. The summed E-state index contributed by atoms with van der Waals surface area (Å²) < 4.78 is 246. The molecule has 3 aliphatic rings. The second-order valence-electron chi connectivity index (χ2n) is 7.34. The summed E-state index contributed by atoms with van der Waals surface area (Å²) in [5.41, 5.74) is -25.6. The smallest absolute Gasteiger partial charge is 0.290 e. The Morgan fingerprint density at radius 2 is 1.08 bits per heavy atom. The predicted molar refractivity (Wildman–Crippen MR) is 72.5 cm³/mol. The molecule has 0 radical (unpaired) electrons. The van der Waals surface area contributed by atoms with Crippen LogP contribution in [-0.2, 0) is 23.9 Å². The van der Waals surface area contributed by atoms with Crippen LogP contribution in [0, 0.1) is 0 Å². The second kappa shape index (κ2) is 6.38. The molecular formula is C13HF16NO5S. The molecule has 0 aromatic rings. The Bertz CT molecular complexity index is 1230. The third kappa shape index (κ3) is 2.19. The van der Waals surface area contributed by atoms with E-state index in [4.69, 9.17) is 0 Å². The van der Waals surface area contributed by atoms with Gasteiger partial charge < -0.3 is 0 Å². The van der Waals surface area contributed by atoms with E-state index in [9.17, 15) is 79.5 Å². The van der Waals surface area contributed by atoms with Gasteiger partial charge in [-0.15, -0.1) is 0 Å². The molecule has 4 unspecified atom stereocenters. The van der Waals surface area contributed by atoms with Gasteiger partial charge in [-0.25, -0.2) is 26.1 Å². The number of halogens is 16. The number of imide groups is 1. The first-order chi connectivity index (χ1) is 15.6. The van der Waals surface area contributed by atoms with Gasteiger partial charge in [0.25, 0.3) is 34.4 Å². The fraction of sp³-hybridized carbons (Fsp3) is 0.692. The summed E-state index contributed by atoms with van der Waals surface area (Å²) in [5.74, 6) is -38.3. The molecule has 1 N–H and O–H groups in total. The van der Waals surface area contributed by atoms with Crippen molar-refractivity contribution in [2.45, 2.75) is 51.8 Å². The van der Waals surface area contributed by atoms with Gasteiger partial charge in [0.1, 0.15) is 0 Å². The fourth-order valence-electron chi connectivity index (χ4n) is 3.82. The van der Waals surface area contributed by atoms with E-state index in [1.165, 1.54) is 0 Å². The average Bonchev–Trinajstić information content (AvgIpc) is 2.99. The topological polar surface area (TPSA) is 89.5 Å². The molecular weight excluding hydrogens is 586 g/mol. The monoisotopic (exact) mass is 587 g/mol. The maximum absolute atomic E-state index is 15.4.